The van der Waals surface area contributed by atoms with Crippen LogP contribution in [0.5, 0.6) is 11.5 Å². The van der Waals surface area contributed by atoms with Crippen LogP contribution in [0, 0.1) is 0 Å². The normalized spacial score (nSPS) is 11.6. The number of nitrogens with zero attached hydrogens (tertiary/aromatic N) is 3. The fourth-order valence-corrected chi connectivity index (χ4v) is 3.21. The van der Waals surface area contributed by atoms with Crippen LogP contribution >= 0.6 is 0 Å². The minimum absolute atomic E-state index is 0.00286. The van der Waals surface area contributed by atoms with Crippen molar-refractivity contribution in [2.45, 2.75) is 19.9 Å². The van der Waals surface area contributed by atoms with Crippen molar-refractivity contribution in [2.24, 2.45) is 0 Å². The third-order valence-corrected chi connectivity index (χ3v) is 4.66. The van der Waals surface area contributed by atoms with Crippen molar-refractivity contribution < 1.29 is 18.4 Å². The first-order chi connectivity index (χ1) is 14.5. The molecule has 0 aliphatic rings. The van der Waals surface area contributed by atoms with Gasteiger partial charge in [-0.05, 0) is 55.8 Å². The van der Waals surface area contributed by atoms with Gasteiger partial charge in [0.2, 0.25) is 5.82 Å². The lowest BCUT2D eigenvalue weighted by Gasteiger charge is -2.07. The van der Waals surface area contributed by atoms with Gasteiger partial charge in [-0.1, -0.05) is 11.2 Å². The molecule has 4 rings (SSSR count). The summed E-state index contributed by atoms with van der Waals surface area (Å²) < 4.78 is 22.8. The summed E-state index contributed by atoms with van der Waals surface area (Å²) in [6, 6.07) is 11.0. The molecule has 4 aromatic rings. The minimum Gasteiger partial charge on any atom is -0.493 e. The van der Waals surface area contributed by atoms with Crippen LogP contribution in [0.25, 0.3) is 34.6 Å². The third kappa shape index (κ3) is 3.59. The molecule has 2 aromatic carbocycles. The molecular formula is C22H21N3O5. The number of ether oxygens (including phenoxy) is 2. The third-order valence-electron chi connectivity index (χ3n) is 4.66. The molecule has 0 radical (unpaired) electrons. The van der Waals surface area contributed by atoms with Gasteiger partial charge in [0, 0.05) is 17.7 Å². The number of methoxy groups -OCH3 is 2. The van der Waals surface area contributed by atoms with Gasteiger partial charge in [0.25, 0.3) is 5.89 Å². The zero-order chi connectivity index (χ0) is 21.3. The molecule has 0 saturated carbocycles. The second-order valence-corrected chi connectivity index (χ2v) is 6.92. The minimum atomic E-state index is -0.385. The Kier molecular flexibility index (Phi) is 5.14. The Hall–Kier alpha value is -3.81. The maximum Gasteiger partial charge on any atom is 0.420 e. The Balaban J connectivity index is 1.60. The quantitative estimate of drug-likeness (QED) is 0.467. The summed E-state index contributed by atoms with van der Waals surface area (Å²) in [5, 5.41) is 4.02. The second kappa shape index (κ2) is 7.90. The first-order valence-electron chi connectivity index (χ1n) is 9.39. The Bertz CT molecular complexity index is 1280. The highest BCUT2D eigenvalue weighted by molar-refractivity contribution is 5.79. The number of benzene rings is 2. The Morgan fingerprint density at radius 3 is 2.57 bits per heavy atom. The van der Waals surface area contributed by atoms with E-state index in [-0.39, 0.29) is 11.8 Å². The van der Waals surface area contributed by atoms with Gasteiger partial charge in [-0.2, -0.15) is 4.98 Å². The zero-order valence-corrected chi connectivity index (χ0v) is 17.1. The fraction of sp³-hybridized carbons (Fsp3) is 0.227. The number of hydrogen-bond acceptors (Lipinski definition) is 7. The SMILES string of the molecule is COc1ccc(/C=C/c2nc(-c3ccc4c(c3)oc(=O)n4C(C)C)no2)cc1OC. The lowest BCUT2D eigenvalue weighted by atomic mass is 10.2. The molecule has 0 unspecified atom stereocenters. The topological polar surface area (TPSA) is 92.5 Å². The summed E-state index contributed by atoms with van der Waals surface area (Å²) >= 11 is 0. The second-order valence-electron chi connectivity index (χ2n) is 6.92. The van der Waals surface area contributed by atoms with E-state index in [9.17, 15) is 4.79 Å². The molecule has 0 bridgehead atoms. The molecule has 154 valence electrons. The summed E-state index contributed by atoms with van der Waals surface area (Å²) in [6.07, 6.45) is 3.55. The van der Waals surface area contributed by atoms with Crippen molar-refractivity contribution in [3.05, 3.63) is 58.4 Å². The number of aromatic nitrogens is 3. The van der Waals surface area contributed by atoms with Crippen molar-refractivity contribution in [2.75, 3.05) is 14.2 Å². The molecule has 0 aliphatic heterocycles. The van der Waals surface area contributed by atoms with Crippen LogP contribution in [0.4, 0.5) is 0 Å². The summed E-state index contributed by atoms with van der Waals surface area (Å²) in [4.78, 5) is 16.5. The number of fused-ring (bicyclic) bond motifs is 1. The molecule has 0 aliphatic carbocycles. The number of hydrogen-bond donors (Lipinski definition) is 0. The van der Waals surface area contributed by atoms with Crippen LogP contribution in [0.3, 0.4) is 0 Å². The monoisotopic (exact) mass is 407 g/mol. The van der Waals surface area contributed by atoms with E-state index >= 15 is 0 Å². The van der Waals surface area contributed by atoms with Crippen LogP contribution in [0.15, 0.2) is 50.1 Å². The van der Waals surface area contributed by atoms with Gasteiger partial charge >= 0.3 is 5.76 Å². The molecule has 0 N–H and O–H groups in total. The largest absolute Gasteiger partial charge is 0.493 e. The molecular weight excluding hydrogens is 386 g/mol. The maximum atomic E-state index is 12.1. The molecule has 0 spiro atoms. The van der Waals surface area contributed by atoms with Crippen LogP contribution in [0.2, 0.25) is 0 Å². The number of oxazole rings is 1. The average Bonchev–Trinajstić information content (AvgIpc) is 3.34. The van der Waals surface area contributed by atoms with Crippen molar-refractivity contribution >= 4 is 23.3 Å². The van der Waals surface area contributed by atoms with Crippen LogP contribution in [-0.4, -0.2) is 28.9 Å². The Morgan fingerprint density at radius 2 is 1.83 bits per heavy atom. The van der Waals surface area contributed by atoms with Crippen LogP contribution in [0.1, 0.15) is 31.3 Å². The van der Waals surface area contributed by atoms with Gasteiger partial charge in [-0.15, -0.1) is 0 Å². The average molecular weight is 407 g/mol. The maximum absolute atomic E-state index is 12.1. The molecule has 30 heavy (non-hydrogen) atoms. The predicted molar refractivity (Wildman–Crippen MR) is 113 cm³/mol. The zero-order valence-electron chi connectivity index (χ0n) is 17.1. The summed E-state index contributed by atoms with van der Waals surface area (Å²) in [6.45, 7) is 3.86. The first-order valence-corrected chi connectivity index (χ1v) is 9.39. The molecule has 0 fully saturated rings. The van der Waals surface area contributed by atoms with Crippen LogP contribution < -0.4 is 15.2 Å². The molecule has 8 nitrogen and oxygen atoms in total. The van der Waals surface area contributed by atoms with Crippen LogP contribution in [-0.2, 0) is 0 Å². The van der Waals surface area contributed by atoms with Gasteiger partial charge in [-0.3, -0.25) is 4.57 Å². The van der Waals surface area contributed by atoms with E-state index in [2.05, 4.69) is 10.1 Å². The molecule has 0 atom stereocenters. The lowest BCUT2D eigenvalue weighted by molar-refractivity contribution is 0.355. The van der Waals surface area contributed by atoms with Crippen molar-refractivity contribution in [3.63, 3.8) is 0 Å². The van der Waals surface area contributed by atoms with E-state index < -0.39 is 0 Å². The summed E-state index contributed by atoms with van der Waals surface area (Å²) in [5.74, 6) is 1.66. The Morgan fingerprint density at radius 1 is 1.03 bits per heavy atom. The first kappa shape index (κ1) is 19.5. The van der Waals surface area contributed by atoms with Crippen molar-refractivity contribution in [1.29, 1.82) is 0 Å². The van der Waals surface area contributed by atoms with Crippen molar-refractivity contribution in [1.82, 2.24) is 14.7 Å². The fourth-order valence-electron chi connectivity index (χ4n) is 3.21. The summed E-state index contributed by atoms with van der Waals surface area (Å²) in [7, 11) is 3.18. The number of rotatable bonds is 6. The molecule has 8 heteroatoms. The van der Waals surface area contributed by atoms with E-state index in [0.717, 1.165) is 11.1 Å². The van der Waals surface area contributed by atoms with E-state index in [1.807, 2.05) is 50.3 Å². The van der Waals surface area contributed by atoms with Gasteiger partial charge in [0.1, 0.15) is 0 Å². The smallest absolute Gasteiger partial charge is 0.420 e. The van der Waals surface area contributed by atoms with E-state index in [0.29, 0.717) is 34.4 Å². The summed E-state index contributed by atoms with van der Waals surface area (Å²) in [5.41, 5.74) is 2.81. The standard InChI is InChI=1S/C22H21N3O5/c1-13(2)25-16-8-7-15(12-18(16)29-22(25)26)21-23-20(30-24-21)10-6-14-5-9-17(27-3)19(11-14)28-4/h5-13H,1-4H3/b10-6+. The van der Waals surface area contributed by atoms with Gasteiger partial charge in [0.05, 0.1) is 19.7 Å². The lowest BCUT2D eigenvalue weighted by Crippen LogP contribution is -2.15. The van der Waals surface area contributed by atoms with E-state index in [4.69, 9.17) is 18.4 Å². The molecule has 2 aromatic heterocycles. The van der Waals surface area contributed by atoms with Gasteiger partial charge in [-0.25, -0.2) is 4.79 Å². The highest BCUT2D eigenvalue weighted by Gasteiger charge is 2.14. The van der Waals surface area contributed by atoms with Gasteiger partial charge in [0.15, 0.2) is 17.1 Å². The van der Waals surface area contributed by atoms with E-state index in [1.54, 1.807) is 30.9 Å². The molecule has 0 amide bonds. The molecule has 2 heterocycles. The van der Waals surface area contributed by atoms with Crippen molar-refractivity contribution in [3.8, 4) is 22.9 Å². The van der Waals surface area contributed by atoms with Gasteiger partial charge < -0.3 is 18.4 Å². The Labute approximate surface area is 172 Å². The van der Waals surface area contributed by atoms with E-state index in [1.165, 1.54) is 0 Å². The highest BCUT2D eigenvalue weighted by atomic mass is 16.5. The highest BCUT2D eigenvalue weighted by Crippen LogP contribution is 2.28. The predicted octanol–water partition coefficient (Wildman–Crippen LogP) is 4.41. The molecule has 0 saturated heterocycles.